The summed E-state index contributed by atoms with van der Waals surface area (Å²) >= 11 is 0. The molecule has 0 radical (unpaired) electrons. The van der Waals surface area contributed by atoms with Gasteiger partial charge in [-0.3, -0.25) is 4.79 Å². The van der Waals surface area contributed by atoms with Gasteiger partial charge < -0.3 is 10.6 Å². The summed E-state index contributed by atoms with van der Waals surface area (Å²) in [6.07, 6.45) is 2.76. The van der Waals surface area contributed by atoms with Crippen LogP contribution in [0.3, 0.4) is 0 Å². The summed E-state index contributed by atoms with van der Waals surface area (Å²) in [5.74, 6) is 0.451. The molecule has 0 bridgehead atoms. The third-order valence-electron chi connectivity index (χ3n) is 4.73. The molecule has 2 atom stereocenters. The van der Waals surface area contributed by atoms with Crippen LogP contribution in [0.1, 0.15) is 49.3 Å². The Morgan fingerprint density at radius 1 is 1.40 bits per heavy atom. The number of carbonyl (C=O) groups is 1. The van der Waals surface area contributed by atoms with E-state index in [1.54, 1.807) is 6.20 Å². The molecule has 3 heterocycles. The molecule has 1 amide bonds. The first-order chi connectivity index (χ1) is 10.9. The van der Waals surface area contributed by atoms with Gasteiger partial charge >= 0.3 is 0 Å². The summed E-state index contributed by atoms with van der Waals surface area (Å²) < 4.78 is 1.89. The number of rotatable bonds is 3. The van der Waals surface area contributed by atoms with Gasteiger partial charge in [0.2, 0.25) is 0 Å². The Labute approximate surface area is 161 Å². The van der Waals surface area contributed by atoms with Gasteiger partial charge in [-0.05, 0) is 52.6 Å². The third-order valence-corrected chi connectivity index (χ3v) is 4.73. The molecular weight excluding hydrogens is 361 g/mol. The number of likely N-dealkylation sites (tertiary alicyclic amines) is 1. The van der Waals surface area contributed by atoms with Crippen molar-refractivity contribution in [2.24, 2.45) is 11.7 Å². The zero-order valence-corrected chi connectivity index (χ0v) is 16.7. The number of carbonyl (C=O) groups excluding carboxylic acids is 1. The number of aromatic nitrogens is 3. The summed E-state index contributed by atoms with van der Waals surface area (Å²) in [4.78, 5) is 19.5. The number of nitrogens with zero attached hydrogens (tertiary/aromatic N) is 4. The van der Waals surface area contributed by atoms with E-state index in [1.807, 2.05) is 22.6 Å². The van der Waals surface area contributed by atoms with Gasteiger partial charge in [0.05, 0.1) is 17.5 Å². The van der Waals surface area contributed by atoms with E-state index in [0.29, 0.717) is 18.0 Å². The van der Waals surface area contributed by atoms with Crippen molar-refractivity contribution in [2.75, 3.05) is 13.1 Å². The highest BCUT2D eigenvalue weighted by Crippen LogP contribution is 2.26. The summed E-state index contributed by atoms with van der Waals surface area (Å²) in [6, 6.07) is 2.39. The van der Waals surface area contributed by atoms with Crippen LogP contribution in [0.25, 0.3) is 11.0 Å². The largest absolute Gasteiger partial charge is 0.336 e. The van der Waals surface area contributed by atoms with E-state index < -0.39 is 0 Å². The maximum Gasteiger partial charge on any atom is 0.255 e. The average molecular weight is 388 g/mol. The molecule has 1 fully saturated rings. The van der Waals surface area contributed by atoms with Gasteiger partial charge in [-0.2, -0.15) is 5.10 Å². The molecule has 0 aromatic carbocycles. The Kier molecular flexibility index (Phi) is 7.23. The average Bonchev–Trinajstić information content (AvgIpc) is 3.08. The maximum absolute atomic E-state index is 12.9. The number of fused-ring (bicyclic) bond motifs is 1. The fraction of sp³-hybridized carbons (Fsp3) is 0.588. The molecular formula is C17H27Cl2N5O. The minimum Gasteiger partial charge on any atom is -0.336 e. The number of nitrogens with two attached hydrogens (primary N) is 1. The van der Waals surface area contributed by atoms with Gasteiger partial charge in [-0.15, -0.1) is 24.8 Å². The van der Waals surface area contributed by atoms with Gasteiger partial charge in [0, 0.05) is 24.0 Å². The molecule has 0 saturated carbocycles. The second-order valence-electron chi connectivity index (χ2n) is 6.86. The van der Waals surface area contributed by atoms with Crippen molar-refractivity contribution in [1.29, 1.82) is 0 Å². The molecule has 0 aliphatic carbocycles. The predicted octanol–water partition coefficient (Wildman–Crippen LogP) is 2.97. The van der Waals surface area contributed by atoms with E-state index >= 15 is 0 Å². The molecule has 1 aliphatic heterocycles. The molecule has 3 rings (SSSR count). The van der Waals surface area contributed by atoms with Crippen molar-refractivity contribution < 1.29 is 4.79 Å². The standard InChI is InChI=1S/C17H25N5O.2ClH/c1-10(2)22-16-14(8-19-22)6-15(12(4)20-16)17(23)21-9-13(7-18)5-11(21)3;;/h6,8,10-11,13H,5,7,9,18H2,1-4H3;2*1H. The van der Waals surface area contributed by atoms with Gasteiger partial charge in [-0.25, -0.2) is 9.67 Å². The Morgan fingerprint density at radius 3 is 2.64 bits per heavy atom. The topological polar surface area (TPSA) is 77.0 Å². The predicted molar refractivity (Wildman–Crippen MR) is 105 cm³/mol. The highest BCUT2D eigenvalue weighted by molar-refractivity contribution is 5.98. The van der Waals surface area contributed by atoms with Crippen molar-refractivity contribution in [3.05, 3.63) is 23.5 Å². The van der Waals surface area contributed by atoms with Crippen LogP contribution in [0.5, 0.6) is 0 Å². The van der Waals surface area contributed by atoms with Crippen LogP contribution in [0.4, 0.5) is 0 Å². The summed E-state index contributed by atoms with van der Waals surface area (Å²) in [5.41, 5.74) is 8.04. The first kappa shape index (κ1) is 21.7. The van der Waals surface area contributed by atoms with E-state index in [1.165, 1.54) is 0 Å². The minimum atomic E-state index is 0. The summed E-state index contributed by atoms with van der Waals surface area (Å²) in [7, 11) is 0. The highest BCUT2D eigenvalue weighted by atomic mass is 35.5. The van der Waals surface area contributed by atoms with Gasteiger partial charge in [0.1, 0.15) is 0 Å². The molecule has 8 heteroatoms. The van der Waals surface area contributed by atoms with Crippen molar-refractivity contribution in [3.8, 4) is 0 Å². The number of halogens is 2. The Hall–Kier alpha value is -1.37. The zero-order valence-electron chi connectivity index (χ0n) is 15.1. The van der Waals surface area contributed by atoms with Crippen molar-refractivity contribution in [1.82, 2.24) is 19.7 Å². The smallest absolute Gasteiger partial charge is 0.255 e. The van der Waals surface area contributed by atoms with Crippen molar-refractivity contribution in [2.45, 2.75) is 46.2 Å². The zero-order chi connectivity index (χ0) is 16.7. The fourth-order valence-electron chi connectivity index (χ4n) is 3.41. The molecule has 1 aliphatic rings. The van der Waals surface area contributed by atoms with Crippen molar-refractivity contribution in [3.63, 3.8) is 0 Å². The number of aryl methyl sites for hydroxylation is 1. The fourth-order valence-corrected chi connectivity index (χ4v) is 3.41. The first-order valence-corrected chi connectivity index (χ1v) is 8.28. The molecule has 2 unspecified atom stereocenters. The SMILES string of the molecule is Cc1nc2c(cnn2C(C)C)cc1C(=O)N1CC(CN)CC1C.Cl.Cl. The van der Waals surface area contributed by atoms with Gasteiger partial charge in [-0.1, -0.05) is 0 Å². The van der Waals surface area contributed by atoms with Crippen LogP contribution in [0, 0.1) is 12.8 Å². The molecule has 0 spiro atoms. The van der Waals surface area contributed by atoms with Crippen molar-refractivity contribution >= 4 is 41.8 Å². The number of hydrogen-bond acceptors (Lipinski definition) is 4. The lowest BCUT2D eigenvalue weighted by atomic mass is 10.1. The Balaban J connectivity index is 0.00000156. The molecule has 6 nitrogen and oxygen atoms in total. The monoisotopic (exact) mass is 387 g/mol. The maximum atomic E-state index is 12.9. The second kappa shape index (κ2) is 8.34. The van der Waals surface area contributed by atoms with E-state index in [2.05, 4.69) is 30.9 Å². The molecule has 140 valence electrons. The summed E-state index contributed by atoms with van der Waals surface area (Å²) in [5, 5.41) is 5.30. The highest BCUT2D eigenvalue weighted by Gasteiger charge is 2.33. The Bertz CT molecular complexity index is 746. The quantitative estimate of drug-likeness (QED) is 0.877. The van der Waals surface area contributed by atoms with E-state index in [4.69, 9.17) is 5.73 Å². The van der Waals surface area contributed by atoms with Crippen LogP contribution in [-0.2, 0) is 0 Å². The van der Waals surface area contributed by atoms with E-state index in [0.717, 1.165) is 29.7 Å². The number of hydrogen-bond donors (Lipinski definition) is 1. The summed E-state index contributed by atoms with van der Waals surface area (Å²) in [6.45, 7) is 9.49. The van der Waals surface area contributed by atoms with Crippen LogP contribution in [0.15, 0.2) is 12.3 Å². The molecule has 2 N–H and O–H groups in total. The molecule has 25 heavy (non-hydrogen) atoms. The lowest BCUT2D eigenvalue weighted by Gasteiger charge is -2.22. The minimum absolute atomic E-state index is 0. The van der Waals surface area contributed by atoms with Crippen LogP contribution in [-0.4, -0.2) is 44.7 Å². The second-order valence-corrected chi connectivity index (χ2v) is 6.86. The third kappa shape index (κ3) is 3.91. The van der Waals surface area contributed by atoms with Gasteiger partial charge in [0.25, 0.3) is 5.91 Å². The van der Waals surface area contributed by atoms with E-state index in [-0.39, 0.29) is 42.8 Å². The number of pyridine rings is 1. The molecule has 2 aromatic heterocycles. The van der Waals surface area contributed by atoms with Crippen LogP contribution >= 0.6 is 24.8 Å². The molecule has 2 aromatic rings. The number of amides is 1. The lowest BCUT2D eigenvalue weighted by molar-refractivity contribution is 0.0742. The first-order valence-electron chi connectivity index (χ1n) is 8.28. The molecule has 1 saturated heterocycles. The lowest BCUT2D eigenvalue weighted by Crippen LogP contribution is -2.35. The van der Waals surface area contributed by atoms with Crippen LogP contribution in [0.2, 0.25) is 0 Å². The van der Waals surface area contributed by atoms with Crippen LogP contribution < -0.4 is 5.73 Å². The van der Waals surface area contributed by atoms with Gasteiger partial charge in [0.15, 0.2) is 5.65 Å². The van der Waals surface area contributed by atoms with E-state index in [9.17, 15) is 4.79 Å². The Morgan fingerprint density at radius 2 is 2.08 bits per heavy atom. The normalized spacial score (nSPS) is 19.8.